The van der Waals surface area contributed by atoms with Crippen LogP contribution in [0.25, 0.3) is 0 Å². The molecule has 7 heteroatoms. The molecule has 2 rings (SSSR count). The number of hydrogen-bond donors (Lipinski definition) is 2. The summed E-state index contributed by atoms with van der Waals surface area (Å²) in [6.45, 7) is 3.80. The quantitative estimate of drug-likeness (QED) is 0.648. The summed E-state index contributed by atoms with van der Waals surface area (Å²) in [7, 11) is 3.17. The monoisotopic (exact) mass is 440 g/mol. The number of carbonyl (C=O) groups excluding carboxylic acids is 1. The van der Waals surface area contributed by atoms with E-state index in [1.165, 1.54) is 0 Å². The first-order valence-electron chi connectivity index (χ1n) is 8.09. The summed E-state index contributed by atoms with van der Waals surface area (Å²) >= 11 is 9.48. The highest BCUT2D eigenvalue weighted by Crippen LogP contribution is 2.29. The molecular weight excluding hydrogens is 420 g/mol. The smallest absolute Gasteiger partial charge is 0.241 e. The highest BCUT2D eigenvalue weighted by Gasteiger charge is 2.18. The maximum Gasteiger partial charge on any atom is 0.241 e. The van der Waals surface area contributed by atoms with Crippen molar-refractivity contribution in [3.8, 4) is 11.5 Å². The van der Waals surface area contributed by atoms with Crippen LogP contribution in [0.15, 0.2) is 40.9 Å². The Hall–Kier alpha value is -1.76. The standard InChI is InChI=1S/C19H22BrClN2O3/c1-11(13-5-7-17(25-3)15(20)9-13)22-12(2)19(24)23-16-10-14(21)6-8-18(16)26-4/h5-12,22H,1-4H3,(H,23,24). The van der Waals surface area contributed by atoms with E-state index in [1.54, 1.807) is 39.3 Å². The lowest BCUT2D eigenvalue weighted by atomic mass is 10.1. The Labute approximate surface area is 167 Å². The van der Waals surface area contributed by atoms with Gasteiger partial charge in [0.15, 0.2) is 0 Å². The summed E-state index contributed by atoms with van der Waals surface area (Å²) < 4.78 is 11.4. The molecule has 0 aliphatic carbocycles. The molecule has 0 radical (unpaired) electrons. The second kappa shape index (κ2) is 9.26. The molecule has 1 amide bonds. The Balaban J connectivity index is 2.04. The van der Waals surface area contributed by atoms with Gasteiger partial charge in [-0.2, -0.15) is 0 Å². The van der Waals surface area contributed by atoms with Crippen molar-refractivity contribution >= 4 is 39.1 Å². The molecule has 0 spiro atoms. The van der Waals surface area contributed by atoms with Crippen LogP contribution in [0.4, 0.5) is 5.69 Å². The van der Waals surface area contributed by atoms with E-state index in [2.05, 4.69) is 26.6 Å². The number of rotatable bonds is 7. The number of amides is 1. The van der Waals surface area contributed by atoms with Crippen molar-refractivity contribution in [1.82, 2.24) is 5.32 Å². The molecule has 0 saturated carbocycles. The van der Waals surface area contributed by atoms with Crippen molar-refractivity contribution < 1.29 is 14.3 Å². The lowest BCUT2D eigenvalue weighted by Gasteiger charge is -2.21. The number of halogens is 2. The first-order valence-corrected chi connectivity index (χ1v) is 9.26. The van der Waals surface area contributed by atoms with Gasteiger partial charge in [-0.15, -0.1) is 0 Å². The average Bonchev–Trinajstić information content (AvgIpc) is 2.61. The zero-order chi connectivity index (χ0) is 19.3. The minimum atomic E-state index is -0.422. The molecule has 0 bridgehead atoms. The molecule has 2 aromatic rings. The molecule has 0 aliphatic heterocycles. The van der Waals surface area contributed by atoms with Gasteiger partial charge < -0.3 is 14.8 Å². The third kappa shape index (κ3) is 5.13. The van der Waals surface area contributed by atoms with E-state index in [9.17, 15) is 4.79 Å². The van der Waals surface area contributed by atoms with Crippen LogP contribution in [0.2, 0.25) is 5.02 Å². The number of anilines is 1. The molecular formula is C19H22BrClN2O3. The number of ether oxygens (including phenoxy) is 2. The van der Waals surface area contributed by atoms with E-state index in [0.717, 1.165) is 15.8 Å². The Morgan fingerprint density at radius 1 is 1.08 bits per heavy atom. The van der Waals surface area contributed by atoms with Crippen molar-refractivity contribution in [3.63, 3.8) is 0 Å². The highest BCUT2D eigenvalue weighted by molar-refractivity contribution is 9.10. The van der Waals surface area contributed by atoms with Crippen molar-refractivity contribution in [2.45, 2.75) is 25.9 Å². The lowest BCUT2D eigenvalue weighted by molar-refractivity contribution is -0.117. The fourth-order valence-corrected chi connectivity index (χ4v) is 3.25. The van der Waals surface area contributed by atoms with Crippen molar-refractivity contribution in [2.75, 3.05) is 19.5 Å². The normalized spacial score (nSPS) is 13.0. The van der Waals surface area contributed by atoms with E-state index < -0.39 is 6.04 Å². The molecule has 0 aliphatic rings. The van der Waals surface area contributed by atoms with Crippen LogP contribution in [0.5, 0.6) is 11.5 Å². The SMILES string of the molecule is COc1ccc(C(C)NC(C)C(=O)Nc2cc(Cl)ccc2OC)cc1Br. The molecule has 26 heavy (non-hydrogen) atoms. The van der Waals surface area contributed by atoms with Crippen LogP contribution in [0.1, 0.15) is 25.5 Å². The minimum absolute atomic E-state index is 0.0285. The van der Waals surface area contributed by atoms with Crippen LogP contribution in [-0.2, 0) is 4.79 Å². The number of carbonyl (C=O) groups is 1. The van der Waals surface area contributed by atoms with Crippen LogP contribution in [0.3, 0.4) is 0 Å². The maximum absolute atomic E-state index is 12.5. The van der Waals surface area contributed by atoms with Crippen LogP contribution < -0.4 is 20.1 Å². The minimum Gasteiger partial charge on any atom is -0.496 e. The zero-order valence-electron chi connectivity index (χ0n) is 15.1. The maximum atomic E-state index is 12.5. The van der Waals surface area contributed by atoms with E-state index >= 15 is 0 Å². The molecule has 0 aromatic heterocycles. The summed E-state index contributed by atoms with van der Waals surface area (Å²) in [5, 5.41) is 6.66. The summed E-state index contributed by atoms with van der Waals surface area (Å²) in [5.74, 6) is 1.15. The van der Waals surface area contributed by atoms with E-state index in [4.69, 9.17) is 21.1 Å². The largest absolute Gasteiger partial charge is 0.496 e. The Kier molecular flexibility index (Phi) is 7.32. The van der Waals surface area contributed by atoms with Gasteiger partial charge in [0.25, 0.3) is 0 Å². The summed E-state index contributed by atoms with van der Waals surface area (Å²) in [6.07, 6.45) is 0. The molecule has 0 saturated heterocycles. The highest BCUT2D eigenvalue weighted by atomic mass is 79.9. The molecule has 0 heterocycles. The Morgan fingerprint density at radius 3 is 2.35 bits per heavy atom. The molecule has 140 valence electrons. The molecule has 2 N–H and O–H groups in total. The van der Waals surface area contributed by atoms with Gasteiger partial charge in [-0.25, -0.2) is 0 Å². The van der Waals surface area contributed by atoms with E-state index in [0.29, 0.717) is 16.5 Å². The molecule has 0 fully saturated rings. The molecule has 2 aromatic carbocycles. The van der Waals surface area contributed by atoms with Crippen molar-refractivity contribution in [2.24, 2.45) is 0 Å². The predicted octanol–water partition coefficient (Wildman–Crippen LogP) is 4.80. The summed E-state index contributed by atoms with van der Waals surface area (Å²) in [5.41, 5.74) is 1.58. The number of methoxy groups -OCH3 is 2. The first kappa shape index (κ1) is 20.6. The average molecular weight is 442 g/mol. The van der Waals surface area contributed by atoms with Gasteiger partial charge in [0, 0.05) is 11.1 Å². The third-order valence-electron chi connectivity index (χ3n) is 3.99. The lowest BCUT2D eigenvalue weighted by Crippen LogP contribution is -2.39. The first-order chi connectivity index (χ1) is 12.3. The predicted molar refractivity (Wildman–Crippen MR) is 108 cm³/mol. The molecule has 2 unspecified atom stereocenters. The second-order valence-corrected chi connectivity index (χ2v) is 7.13. The second-order valence-electron chi connectivity index (χ2n) is 5.84. The van der Waals surface area contributed by atoms with Crippen LogP contribution >= 0.6 is 27.5 Å². The zero-order valence-corrected chi connectivity index (χ0v) is 17.4. The van der Waals surface area contributed by atoms with Gasteiger partial charge in [0.1, 0.15) is 11.5 Å². The van der Waals surface area contributed by atoms with Gasteiger partial charge in [0.05, 0.1) is 30.4 Å². The van der Waals surface area contributed by atoms with E-state index in [1.807, 2.05) is 25.1 Å². The fourth-order valence-electron chi connectivity index (χ4n) is 2.52. The van der Waals surface area contributed by atoms with Crippen molar-refractivity contribution in [3.05, 3.63) is 51.5 Å². The number of nitrogens with one attached hydrogen (secondary N) is 2. The number of hydrogen-bond acceptors (Lipinski definition) is 4. The Bertz CT molecular complexity index is 785. The van der Waals surface area contributed by atoms with Crippen LogP contribution in [0, 0.1) is 0 Å². The summed E-state index contributed by atoms with van der Waals surface area (Å²) in [6, 6.07) is 10.5. The summed E-state index contributed by atoms with van der Waals surface area (Å²) in [4.78, 5) is 12.5. The topological polar surface area (TPSA) is 59.6 Å². The molecule has 2 atom stereocenters. The Morgan fingerprint density at radius 2 is 1.73 bits per heavy atom. The van der Waals surface area contributed by atoms with Gasteiger partial charge >= 0.3 is 0 Å². The number of benzene rings is 2. The van der Waals surface area contributed by atoms with Gasteiger partial charge in [0.2, 0.25) is 5.91 Å². The third-order valence-corrected chi connectivity index (χ3v) is 4.84. The van der Waals surface area contributed by atoms with Crippen LogP contribution in [-0.4, -0.2) is 26.2 Å². The van der Waals surface area contributed by atoms with E-state index in [-0.39, 0.29) is 11.9 Å². The molecule has 5 nitrogen and oxygen atoms in total. The van der Waals surface area contributed by atoms with Gasteiger partial charge in [-0.1, -0.05) is 17.7 Å². The van der Waals surface area contributed by atoms with Gasteiger partial charge in [-0.05, 0) is 65.7 Å². The van der Waals surface area contributed by atoms with Crippen molar-refractivity contribution in [1.29, 1.82) is 0 Å². The van der Waals surface area contributed by atoms with Gasteiger partial charge in [-0.3, -0.25) is 10.1 Å². The fraction of sp³-hybridized carbons (Fsp3) is 0.316.